The molecule has 1 aliphatic rings. The summed E-state index contributed by atoms with van der Waals surface area (Å²) in [5.41, 5.74) is 9.93. The number of ether oxygens (including phenoxy) is 1. The van der Waals surface area contributed by atoms with Gasteiger partial charge in [0.1, 0.15) is 6.04 Å². The number of nitrogens with zero attached hydrogens (tertiary/aromatic N) is 2. The third kappa shape index (κ3) is 6.89. The summed E-state index contributed by atoms with van der Waals surface area (Å²) < 4.78 is 5.94. The van der Waals surface area contributed by atoms with Crippen LogP contribution in [-0.2, 0) is 22.7 Å². The van der Waals surface area contributed by atoms with Gasteiger partial charge in [0.05, 0.1) is 34.6 Å². The van der Waals surface area contributed by atoms with Crippen molar-refractivity contribution in [3.63, 3.8) is 0 Å². The van der Waals surface area contributed by atoms with E-state index in [-0.39, 0.29) is 12.5 Å². The van der Waals surface area contributed by atoms with Gasteiger partial charge < -0.3 is 20.3 Å². The molecule has 35 heavy (non-hydrogen) atoms. The first-order valence-corrected chi connectivity index (χ1v) is 12.4. The minimum atomic E-state index is -0.466. The predicted octanol–water partition coefficient (Wildman–Crippen LogP) is 4.60. The van der Waals surface area contributed by atoms with Gasteiger partial charge >= 0.3 is 0 Å². The Bertz CT molecular complexity index is 1120. The topological polar surface area (TPSA) is 70.8 Å². The average molecular weight is 513 g/mol. The zero-order valence-corrected chi connectivity index (χ0v) is 21.0. The monoisotopic (exact) mass is 512 g/mol. The number of nitrogen functional groups attached to an aromatic ring is 1. The number of piperazine rings is 1. The lowest BCUT2D eigenvalue weighted by molar-refractivity contribution is -0.135. The number of rotatable bonds is 9. The van der Waals surface area contributed by atoms with Gasteiger partial charge in [-0.3, -0.25) is 10.1 Å². The number of hydrogen-bond donors (Lipinski definition) is 2. The highest BCUT2D eigenvalue weighted by atomic mass is 35.5. The van der Waals surface area contributed by atoms with Gasteiger partial charge in [0.15, 0.2) is 0 Å². The van der Waals surface area contributed by atoms with Gasteiger partial charge in [-0.1, -0.05) is 71.7 Å². The van der Waals surface area contributed by atoms with Crippen LogP contribution in [0.4, 0.5) is 11.4 Å². The standard InChI is InChI=1S/C27H30Cl2N4O2/c28-22-11-10-21(16-23(22)29)18-35-19-25(31-17-20-6-2-1-3-7-20)27(34)33-14-12-32(13-15-33)26-9-5-4-8-24(26)30/h1-11,16,25,31H,12-15,17-19,30H2. The normalized spacial score (nSPS) is 14.7. The number of nitrogens with two attached hydrogens (primary N) is 1. The molecule has 3 aromatic rings. The number of halogens is 2. The van der Waals surface area contributed by atoms with Gasteiger partial charge in [0.25, 0.3) is 0 Å². The SMILES string of the molecule is Nc1ccccc1N1CCN(C(=O)C(COCc2ccc(Cl)c(Cl)c2)NCc2ccccc2)CC1. The summed E-state index contributed by atoms with van der Waals surface area (Å²) in [4.78, 5) is 17.6. The Morgan fingerprint density at radius 2 is 1.63 bits per heavy atom. The number of benzene rings is 3. The summed E-state index contributed by atoms with van der Waals surface area (Å²) in [5.74, 6) is 0.0377. The minimum absolute atomic E-state index is 0.0377. The summed E-state index contributed by atoms with van der Waals surface area (Å²) in [6.45, 7) is 3.89. The van der Waals surface area contributed by atoms with Crippen molar-refractivity contribution in [2.24, 2.45) is 0 Å². The lowest BCUT2D eigenvalue weighted by Crippen LogP contribution is -2.55. The van der Waals surface area contributed by atoms with Gasteiger partial charge in [-0.05, 0) is 35.4 Å². The number of hydrogen-bond acceptors (Lipinski definition) is 5. The van der Waals surface area contributed by atoms with E-state index in [1.807, 2.05) is 65.6 Å². The zero-order chi connectivity index (χ0) is 24.6. The second-order valence-electron chi connectivity index (χ2n) is 8.55. The van der Waals surface area contributed by atoms with Crippen LogP contribution in [0.1, 0.15) is 11.1 Å². The van der Waals surface area contributed by atoms with Gasteiger partial charge in [-0.25, -0.2) is 0 Å². The molecule has 0 radical (unpaired) electrons. The summed E-state index contributed by atoms with van der Waals surface area (Å²) in [7, 11) is 0. The number of anilines is 2. The maximum atomic E-state index is 13.5. The molecular formula is C27H30Cl2N4O2. The molecule has 1 fully saturated rings. The molecule has 184 valence electrons. The molecule has 3 aromatic carbocycles. The lowest BCUT2D eigenvalue weighted by Gasteiger charge is -2.38. The van der Waals surface area contributed by atoms with Gasteiger partial charge in [-0.15, -0.1) is 0 Å². The van der Waals surface area contributed by atoms with Crippen LogP contribution in [-0.4, -0.2) is 49.6 Å². The number of para-hydroxylation sites is 2. The Kier molecular flexibility index (Phi) is 8.88. The van der Waals surface area contributed by atoms with Crippen molar-refractivity contribution in [2.45, 2.75) is 19.2 Å². The first-order chi connectivity index (χ1) is 17.0. The van der Waals surface area contributed by atoms with E-state index < -0.39 is 6.04 Å². The second kappa shape index (κ2) is 12.3. The molecule has 4 rings (SSSR count). The highest BCUT2D eigenvalue weighted by Crippen LogP contribution is 2.24. The average Bonchev–Trinajstić information content (AvgIpc) is 2.89. The van der Waals surface area contributed by atoms with Crippen LogP contribution in [0, 0.1) is 0 Å². The Balaban J connectivity index is 1.37. The lowest BCUT2D eigenvalue weighted by atomic mass is 10.1. The van der Waals surface area contributed by atoms with Crippen molar-refractivity contribution in [3.05, 3.63) is 94.0 Å². The molecule has 6 nitrogen and oxygen atoms in total. The van der Waals surface area contributed by atoms with Crippen molar-refractivity contribution in [1.82, 2.24) is 10.2 Å². The van der Waals surface area contributed by atoms with Crippen molar-refractivity contribution in [1.29, 1.82) is 0 Å². The first kappa shape index (κ1) is 25.3. The molecule has 8 heteroatoms. The second-order valence-corrected chi connectivity index (χ2v) is 9.37. The molecule has 1 aliphatic heterocycles. The molecular weight excluding hydrogens is 483 g/mol. The predicted molar refractivity (Wildman–Crippen MR) is 143 cm³/mol. The van der Waals surface area contributed by atoms with Crippen LogP contribution in [0.3, 0.4) is 0 Å². The van der Waals surface area contributed by atoms with E-state index in [2.05, 4.69) is 10.2 Å². The van der Waals surface area contributed by atoms with Crippen molar-refractivity contribution in [3.8, 4) is 0 Å². The molecule has 1 saturated heterocycles. The summed E-state index contributed by atoms with van der Waals surface area (Å²) in [6, 6.07) is 22.8. The Morgan fingerprint density at radius 1 is 0.914 bits per heavy atom. The molecule has 1 heterocycles. The Labute approximate surface area is 216 Å². The third-order valence-corrected chi connectivity index (χ3v) is 6.84. The number of carbonyl (C=O) groups is 1. The van der Waals surface area contributed by atoms with Gasteiger partial charge in [-0.2, -0.15) is 0 Å². The molecule has 0 spiro atoms. The molecule has 1 amide bonds. The van der Waals surface area contributed by atoms with Crippen LogP contribution in [0.5, 0.6) is 0 Å². The Morgan fingerprint density at radius 3 is 2.34 bits per heavy atom. The fourth-order valence-electron chi connectivity index (χ4n) is 4.14. The smallest absolute Gasteiger partial charge is 0.242 e. The summed E-state index contributed by atoms with van der Waals surface area (Å²) in [6.07, 6.45) is 0. The van der Waals surface area contributed by atoms with Crippen molar-refractivity contribution >= 4 is 40.5 Å². The molecule has 0 aliphatic carbocycles. The van der Waals surface area contributed by atoms with Crippen LogP contribution in [0.25, 0.3) is 0 Å². The maximum Gasteiger partial charge on any atom is 0.242 e. The molecule has 0 aromatic heterocycles. The van der Waals surface area contributed by atoms with Gasteiger partial charge in [0, 0.05) is 32.7 Å². The van der Waals surface area contributed by atoms with Crippen LogP contribution in [0.2, 0.25) is 10.0 Å². The Hall–Kier alpha value is -2.77. The zero-order valence-electron chi connectivity index (χ0n) is 19.5. The summed E-state index contributed by atoms with van der Waals surface area (Å²) in [5, 5.41) is 4.38. The largest absolute Gasteiger partial charge is 0.397 e. The molecule has 0 bridgehead atoms. The number of amides is 1. The quantitative estimate of drug-likeness (QED) is 0.410. The highest BCUT2D eigenvalue weighted by molar-refractivity contribution is 6.42. The first-order valence-electron chi connectivity index (χ1n) is 11.7. The van der Waals surface area contributed by atoms with E-state index in [9.17, 15) is 4.79 Å². The highest BCUT2D eigenvalue weighted by Gasteiger charge is 2.28. The van der Waals surface area contributed by atoms with Crippen molar-refractivity contribution < 1.29 is 9.53 Å². The fraction of sp³-hybridized carbons (Fsp3) is 0.296. The molecule has 3 N–H and O–H groups in total. The molecule has 0 saturated carbocycles. The van der Waals surface area contributed by atoms with E-state index >= 15 is 0 Å². The fourth-order valence-corrected chi connectivity index (χ4v) is 4.46. The van der Waals surface area contributed by atoms with Crippen LogP contribution < -0.4 is 16.0 Å². The summed E-state index contributed by atoms with van der Waals surface area (Å²) >= 11 is 12.1. The molecule has 1 unspecified atom stereocenters. The van der Waals surface area contributed by atoms with Crippen molar-refractivity contribution in [2.75, 3.05) is 43.4 Å². The molecule has 1 atom stereocenters. The third-order valence-electron chi connectivity index (χ3n) is 6.10. The van der Waals surface area contributed by atoms with Gasteiger partial charge in [0.2, 0.25) is 5.91 Å². The van der Waals surface area contributed by atoms with E-state index in [4.69, 9.17) is 33.7 Å². The minimum Gasteiger partial charge on any atom is -0.397 e. The number of carbonyl (C=O) groups excluding carboxylic acids is 1. The van der Waals surface area contributed by atoms with Crippen LogP contribution >= 0.6 is 23.2 Å². The van der Waals surface area contributed by atoms with E-state index in [1.165, 1.54) is 0 Å². The van der Waals surface area contributed by atoms with Crippen LogP contribution in [0.15, 0.2) is 72.8 Å². The number of nitrogens with one attached hydrogen (secondary N) is 1. The maximum absolute atomic E-state index is 13.5. The van der Waals surface area contributed by atoms with E-state index in [1.54, 1.807) is 12.1 Å². The van der Waals surface area contributed by atoms with E-state index in [0.29, 0.717) is 36.3 Å². The van der Waals surface area contributed by atoms with E-state index in [0.717, 1.165) is 35.6 Å².